The summed E-state index contributed by atoms with van der Waals surface area (Å²) >= 11 is 0. The predicted molar refractivity (Wildman–Crippen MR) is 125 cm³/mol. The Bertz CT molecular complexity index is 1410. The van der Waals surface area contributed by atoms with Crippen molar-refractivity contribution in [2.45, 2.75) is 19.3 Å². The van der Waals surface area contributed by atoms with E-state index in [0.29, 0.717) is 17.3 Å². The molecule has 2 aromatic carbocycles. The number of carbonyl (C=O) groups excluding carboxylic acids is 1. The predicted octanol–water partition coefficient (Wildman–Crippen LogP) is 2.95. The monoisotopic (exact) mass is 426 g/mol. The van der Waals surface area contributed by atoms with E-state index in [1.165, 1.54) is 24.4 Å². The van der Waals surface area contributed by atoms with Gasteiger partial charge in [-0.3, -0.25) is 9.59 Å². The molecule has 0 atom stereocenters. The molecule has 1 amide bonds. The zero-order valence-electron chi connectivity index (χ0n) is 17.6. The van der Waals surface area contributed by atoms with Crippen molar-refractivity contribution in [3.8, 4) is 5.69 Å². The number of nitrogen functional groups attached to an aromatic ring is 1. The topological polar surface area (TPSA) is 115 Å². The van der Waals surface area contributed by atoms with E-state index in [1.54, 1.807) is 22.9 Å². The molecule has 1 aliphatic rings. The molecule has 4 aromatic rings. The molecule has 1 aliphatic carbocycles. The first-order chi connectivity index (χ1) is 15.5. The van der Waals surface area contributed by atoms with Crippen molar-refractivity contribution in [1.29, 1.82) is 0 Å². The molecule has 8 heteroatoms. The van der Waals surface area contributed by atoms with Crippen molar-refractivity contribution in [3.05, 3.63) is 81.8 Å². The Labute approximate surface area is 184 Å². The Morgan fingerprint density at radius 3 is 2.66 bits per heavy atom. The number of nitrogens with one attached hydrogen (secondary N) is 2. The number of fused-ring (bicyclic) bond motifs is 2. The molecule has 0 fully saturated rings. The van der Waals surface area contributed by atoms with Crippen LogP contribution < -0.4 is 21.8 Å². The molecule has 0 bridgehead atoms. The average Bonchev–Trinajstić information content (AvgIpc) is 3.28. The van der Waals surface area contributed by atoms with Crippen LogP contribution in [0.25, 0.3) is 16.7 Å². The van der Waals surface area contributed by atoms with E-state index in [1.807, 2.05) is 18.2 Å². The van der Waals surface area contributed by atoms with Crippen molar-refractivity contribution in [2.75, 3.05) is 18.1 Å². The Balaban J connectivity index is 1.69. The van der Waals surface area contributed by atoms with Gasteiger partial charge in [0.05, 0.1) is 5.39 Å². The number of anilines is 3. The van der Waals surface area contributed by atoms with Gasteiger partial charge in [-0.15, -0.1) is 0 Å². The second-order valence-electron chi connectivity index (χ2n) is 7.81. The van der Waals surface area contributed by atoms with Crippen LogP contribution in [0.2, 0.25) is 0 Å². The van der Waals surface area contributed by atoms with Crippen LogP contribution >= 0.6 is 0 Å². The minimum absolute atomic E-state index is 0.0448. The summed E-state index contributed by atoms with van der Waals surface area (Å²) in [6, 6.07) is 13.4. The minimum Gasteiger partial charge on any atom is -0.399 e. The highest BCUT2D eigenvalue weighted by Crippen LogP contribution is 2.26. The fourth-order valence-corrected chi connectivity index (χ4v) is 4.07. The number of hydrogen-bond donors (Lipinski definition) is 3. The number of hydrogen-bond acceptors (Lipinski definition) is 6. The number of carbonyl (C=O) groups is 1. The number of benzene rings is 2. The lowest BCUT2D eigenvalue weighted by atomic mass is 10.1. The SMILES string of the molecule is CNC(=O)c1cn(-c2ccc3c(c2)CCC3)c2nc(Nc3ccc(N)cc3)ncc2c1=O. The molecule has 32 heavy (non-hydrogen) atoms. The second kappa shape index (κ2) is 7.81. The Hall–Kier alpha value is -4.20. The van der Waals surface area contributed by atoms with Crippen LogP contribution in [0.4, 0.5) is 17.3 Å². The van der Waals surface area contributed by atoms with E-state index in [0.717, 1.165) is 30.6 Å². The summed E-state index contributed by atoms with van der Waals surface area (Å²) in [5.41, 5.74) is 10.7. The van der Waals surface area contributed by atoms with Gasteiger partial charge in [-0.25, -0.2) is 4.98 Å². The maximum Gasteiger partial charge on any atom is 0.256 e. The van der Waals surface area contributed by atoms with Crippen LogP contribution in [0.3, 0.4) is 0 Å². The third-order valence-corrected chi connectivity index (χ3v) is 5.74. The van der Waals surface area contributed by atoms with E-state index in [-0.39, 0.29) is 10.9 Å². The van der Waals surface area contributed by atoms with Crippen molar-refractivity contribution in [2.24, 2.45) is 0 Å². The van der Waals surface area contributed by atoms with Gasteiger partial charge in [-0.05, 0) is 66.8 Å². The lowest BCUT2D eigenvalue weighted by Gasteiger charge is -2.14. The van der Waals surface area contributed by atoms with E-state index in [4.69, 9.17) is 5.73 Å². The number of aryl methyl sites for hydroxylation is 2. The first-order valence-electron chi connectivity index (χ1n) is 10.4. The maximum atomic E-state index is 13.0. The Morgan fingerprint density at radius 2 is 1.88 bits per heavy atom. The Morgan fingerprint density at radius 1 is 1.09 bits per heavy atom. The van der Waals surface area contributed by atoms with Crippen LogP contribution in [0, 0.1) is 0 Å². The molecule has 0 spiro atoms. The standard InChI is InChI=1S/C24H22N6O2/c1-26-23(32)20-13-30(18-10-5-14-3-2-4-15(14)11-18)22-19(21(20)31)12-27-24(29-22)28-17-8-6-16(25)7-9-17/h5-13H,2-4,25H2,1H3,(H,26,32)(H,27,28,29). The van der Waals surface area contributed by atoms with Gasteiger partial charge in [-0.1, -0.05) is 6.07 Å². The summed E-state index contributed by atoms with van der Waals surface area (Å²) in [6.45, 7) is 0. The molecule has 2 heterocycles. The average molecular weight is 426 g/mol. The van der Waals surface area contributed by atoms with Crippen LogP contribution in [-0.4, -0.2) is 27.5 Å². The summed E-state index contributed by atoms with van der Waals surface area (Å²) < 4.78 is 1.79. The van der Waals surface area contributed by atoms with Gasteiger partial charge in [0.25, 0.3) is 5.91 Å². The van der Waals surface area contributed by atoms with Crippen molar-refractivity contribution in [3.63, 3.8) is 0 Å². The largest absolute Gasteiger partial charge is 0.399 e. The highest BCUT2D eigenvalue weighted by Gasteiger charge is 2.19. The normalized spacial score (nSPS) is 12.5. The highest BCUT2D eigenvalue weighted by atomic mass is 16.2. The first-order valence-corrected chi connectivity index (χ1v) is 10.4. The number of nitrogens with two attached hydrogens (primary N) is 1. The third kappa shape index (κ3) is 3.45. The molecule has 4 N–H and O–H groups in total. The third-order valence-electron chi connectivity index (χ3n) is 5.74. The van der Waals surface area contributed by atoms with Crippen LogP contribution in [0.1, 0.15) is 27.9 Å². The Kier molecular flexibility index (Phi) is 4.82. The van der Waals surface area contributed by atoms with Crippen molar-refractivity contribution < 1.29 is 4.79 Å². The van der Waals surface area contributed by atoms with Gasteiger partial charge in [-0.2, -0.15) is 4.98 Å². The molecular formula is C24H22N6O2. The lowest BCUT2D eigenvalue weighted by Crippen LogP contribution is -2.27. The zero-order valence-corrected chi connectivity index (χ0v) is 17.6. The summed E-state index contributed by atoms with van der Waals surface area (Å²) in [7, 11) is 1.50. The lowest BCUT2D eigenvalue weighted by molar-refractivity contribution is 0.0961. The first kappa shape index (κ1) is 19.7. The number of pyridine rings is 1. The minimum atomic E-state index is -0.448. The molecule has 5 rings (SSSR count). The highest BCUT2D eigenvalue weighted by molar-refractivity contribution is 5.97. The van der Waals surface area contributed by atoms with E-state index < -0.39 is 11.3 Å². The maximum absolute atomic E-state index is 13.0. The molecule has 0 unspecified atom stereocenters. The molecular weight excluding hydrogens is 404 g/mol. The van der Waals surface area contributed by atoms with E-state index in [2.05, 4.69) is 32.7 Å². The number of amides is 1. The fraction of sp³-hybridized carbons (Fsp3) is 0.167. The molecule has 2 aromatic heterocycles. The van der Waals surface area contributed by atoms with Gasteiger partial charge in [0, 0.05) is 36.5 Å². The van der Waals surface area contributed by atoms with Gasteiger partial charge >= 0.3 is 0 Å². The summed E-state index contributed by atoms with van der Waals surface area (Å²) in [5, 5.41) is 5.95. The summed E-state index contributed by atoms with van der Waals surface area (Å²) in [4.78, 5) is 34.3. The zero-order chi connectivity index (χ0) is 22.2. The van der Waals surface area contributed by atoms with Gasteiger partial charge in [0.2, 0.25) is 11.4 Å². The number of rotatable bonds is 4. The van der Waals surface area contributed by atoms with Crippen LogP contribution in [-0.2, 0) is 12.8 Å². The number of nitrogens with zero attached hydrogens (tertiary/aromatic N) is 3. The number of aromatic nitrogens is 3. The van der Waals surface area contributed by atoms with E-state index in [9.17, 15) is 9.59 Å². The molecule has 0 radical (unpaired) electrons. The quantitative estimate of drug-likeness (QED) is 0.432. The summed E-state index contributed by atoms with van der Waals surface area (Å²) in [5.74, 6) is -0.111. The van der Waals surface area contributed by atoms with Gasteiger partial charge in [0.15, 0.2) is 5.65 Å². The van der Waals surface area contributed by atoms with Crippen molar-refractivity contribution >= 4 is 34.3 Å². The molecule has 0 aliphatic heterocycles. The fourth-order valence-electron chi connectivity index (χ4n) is 4.07. The second-order valence-corrected chi connectivity index (χ2v) is 7.81. The van der Waals surface area contributed by atoms with E-state index >= 15 is 0 Å². The van der Waals surface area contributed by atoms with Crippen molar-refractivity contribution in [1.82, 2.24) is 19.9 Å². The molecule has 160 valence electrons. The summed E-state index contributed by atoms with van der Waals surface area (Å²) in [6.07, 6.45) is 6.23. The van der Waals surface area contributed by atoms with Crippen LogP contribution in [0.5, 0.6) is 0 Å². The van der Waals surface area contributed by atoms with Crippen LogP contribution in [0.15, 0.2) is 59.7 Å². The molecule has 8 nitrogen and oxygen atoms in total. The van der Waals surface area contributed by atoms with Gasteiger partial charge < -0.3 is 20.9 Å². The van der Waals surface area contributed by atoms with Gasteiger partial charge in [0.1, 0.15) is 5.56 Å². The smallest absolute Gasteiger partial charge is 0.256 e. The molecule has 0 saturated carbocycles. The molecule has 0 saturated heterocycles.